The molecule has 0 aliphatic carbocycles. The molecule has 19 heavy (non-hydrogen) atoms. The summed E-state index contributed by atoms with van der Waals surface area (Å²) in [5, 5.41) is 0. The van der Waals surface area contributed by atoms with Crippen LogP contribution in [0.5, 0.6) is 5.75 Å². The molecule has 2 N–H and O–H groups in total. The minimum Gasteiger partial charge on any atom is -0.493 e. The zero-order valence-electron chi connectivity index (χ0n) is 10.9. The van der Waals surface area contributed by atoms with Crippen LogP contribution in [0.15, 0.2) is 30.3 Å². The van der Waals surface area contributed by atoms with Crippen molar-refractivity contribution in [1.82, 2.24) is 0 Å². The summed E-state index contributed by atoms with van der Waals surface area (Å²) in [6, 6.07) is 9.04. The Balaban J connectivity index is 2.20. The van der Waals surface area contributed by atoms with Gasteiger partial charge >= 0.3 is 0 Å². The van der Waals surface area contributed by atoms with Crippen LogP contribution in [0, 0.1) is 12.7 Å². The molecule has 1 heterocycles. The average Bonchev–Trinajstić information content (AvgIpc) is 2.42. The van der Waals surface area contributed by atoms with E-state index < -0.39 is 0 Å². The molecule has 2 nitrogen and oxygen atoms in total. The normalized spacial score (nSPS) is 13.8. The van der Waals surface area contributed by atoms with E-state index in [-0.39, 0.29) is 5.82 Å². The van der Waals surface area contributed by atoms with Crippen LogP contribution in [0.4, 0.5) is 10.1 Å². The van der Waals surface area contributed by atoms with E-state index in [2.05, 4.69) is 0 Å². The molecule has 0 unspecified atom stereocenters. The summed E-state index contributed by atoms with van der Waals surface area (Å²) in [4.78, 5) is 0. The molecule has 1 aliphatic heterocycles. The molecule has 0 saturated heterocycles. The van der Waals surface area contributed by atoms with Gasteiger partial charge in [-0.1, -0.05) is 18.2 Å². The highest BCUT2D eigenvalue weighted by Gasteiger charge is 2.18. The van der Waals surface area contributed by atoms with Gasteiger partial charge in [0.15, 0.2) is 0 Å². The second-order valence-electron chi connectivity index (χ2n) is 4.93. The first-order chi connectivity index (χ1) is 9.16. The van der Waals surface area contributed by atoms with Crippen molar-refractivity contribution in [2.24, 2.45) is 0 Å². The third-order valence-electron chi connectivity index (χ3n) is 3.58. The number of hydrogen-bond acceptors (Lipinski definition) is 2. The van der Waals surface area contributed by atoms with Gasteiger partial charge in [0.25, 0.3) is 0 Å². The first kappa shape index (κ1) is 12.0. The molecule has 3 heteroatoms. The van der Waals surface area contributed by atoms with Gasteiger partial charge in [0, 0.05) is 16.8 Å². The Bertz CT molecular complexity index is 637. The number of benzene rings is 2. The van der Waals surface area contributed by atoms with Gasteiger partial charge < -0.3 is 10.5 Å². The molecule has 0 amide bonds. The number of rotatable bonds is 1. The van der Waals surface area contributed by atoms with Crippen LogP contribution in [0.1, 0.15) is 17.5 Å². The van der Waals surface area contributed by atoms with Gasteiger partial charge in [0.2, 0.25) is 0 Å². The van der Waals surface area contributed by atoms with Crippen LogP contribution < -0.4 is 10.5 Å². The SMILES string of the molecule is Cc1cc(F)c(-c2cccc3c2OCCC3)cc1N. The lowest BCUT2D eigenvalue weighted by atomic mass is 9.96. The highest BCUT2D eigenvalue weighted by Crippen LogP contribution is 2.38. The summed E-state index contributed by atoms with van der Waals surface area (Å²) >= 11 is 0. The van der Waals surface area contributed by atoms with Crippen molar-refractivity contribution in [3.05, 3.63) is 47.3 Å². The largest absolute Gasteiger partial charge is 0.493 e. The smallest absolute Gasteiger partial charge is 0.131 e. The standard InChI is InChI=1S/C16H16FNO/c1-10-8-14(17)13(9-15(10)18)12-6-2-4-11-5-3-7-19-16(11)12/h2,4,6,8-9H,3,5,7,18H2,1H3. The minimum absolute atomic E-state index is 0.255. The Kier molecular flexibility index (Phi) is 2.90. The zero-order valence-corrected chi connectivity index (χ0v) is 10.9. The van der Waals surface area contributed by atoms with E-state index in [0.29, 0.717) is 17.9 Å². The third kappa shape index (κ3) is 2.05. The molecule has 0 saturated carbocycles. The Hall–Kier alpha value is -2.03. The van der Waals surface area contributed by atoms with Gasteiger partial charge in [0.1, 0.15) is 11.6 Å². The quantitative estimate of drug-likeness (QED) is 0.790. The molecule has 0 aromatic heterocycles. The molecular weight excluding hydrogens is 241 g/mol. The topological polar surface area (TPSA) is 35.2 Å². The minimum atomic E-state index is -0.255. The Morgan fingerprint density at radius 3 is 2.89 bits per heavy atom. The number of anilines is 1. The van der Waals surface area contributed by atoms with E-state index in [1.165, 1.54) is 6.07 Å². The van der Waals surface area contributed by atoms with E-state index in [1.54, 1.807) is 13.0 Å². The van der Waals surface area contributed by atoms with Crippen LogP contribution in [0.2, 0.25) is 0 Å². The van der Waals surface area contributed by atoms with Crippen molar-refractivity contribution in [1.29, 1.82) is 0 Å². The predicted molar refractivity (Wildman–Crippen MR) is 74.8 cm³/mol. The van der Waals surface area contributed by atoms with Crippen molar-refractivity contribution in [2.45, 2.75) is 19.8 Å². The van der Waals surface area contributed by atoms with Gasteiger partial charge in [-0.2, -0.15) is 0 Å². The van der Waals surface area contributed by atoms with Gasteiger partial charge in [-0.15, -0.1) is 0 Å². The van der Waals surface area contributed by atoms with Crippen LogP contribution in [0.3, 0.4) is 0 Å². The molecule has 0 spiro atoms. The lowest BCUT2D eigenvalue weighted by Gasteiger charge is -2.21. The monoisotopic (exact) mass is 257 g/mol. The second-order valence-corrected chi connectivity index (χ2v) is 4.93. The van der Waals surface area contributed by atoms with Crippen LogP contribution in [-0.2, 0) is 6.42 Å². The second kappa shape index (κ2) is 4.57. The number of nitrogen functional groups attached to an aromatic ring is 1. The fourth-order valence-electron chi connectivity index (χ4n) is 2.50. The lowest BCUT2D eigenvalue weighted by Crippen LogP contribution is -2.09. The number of ether oxygens (including phenoxy) is 1. The lowest BCUT2D eigenvalue weighted by molar-refractivity contribution is 0.289. The number of halogens is 1. The van der Waals surface area contributed by atoms with E-state index >= 15 is 0 Å². The average molecular weight is 257 g/mol. The summed E-state index contributed by atoms with van der Waals surface area (Å²) in [6.07, 6.45) is 1.99. The maximum absolute atomic E-state index is 14.2. The van der Waals surface area contributed by atoms with Crippen molar-refractivity contribution >= 4 is 5.69 Å². The Labute approximate surface area is 112 Å². The summed E-state index contributed by atoms with van der Waals surface area (Å²) < 4.78 is 19.9. The molecule has 2 aromatic carbocycles. The fraction of sp³-hybridized carbons (Fsp3) is 0.250. The number of nitrogens with two attached hydrogens (primary N) is 1. The molecule has 2 aromatic rings. The van der Waals surface area contributed by atoms with E-state index in [9.17, 15) is 4.39 Å². The zero-order chi connectivity index (χ0) is 13.4. The van der Waals surface area contributed by atoms with Crippen molar-refractivity contribution in [3.8, 4) is 16.9 Å². The van der Waals surface area contributed by atoms with Crippen molar-refractivity contribution in [2.75, 3.05) is 12.3 Å². The fourth-order valence-corrected chi connectivity index (χ4v) is 2.50. The first-order valence-electron chi connectivity index (χ1n) is 6.47. The Morgan fingerprint density at radius 1 is 1.21 bits per heavy atom. The molecule has 0 bridgehead atoms. The number of para-hydroxylation sites is 1. The number of fused-ring (bicyclic) bond motifs is 1. The molecule has 0 fully saturated rings. The van der Waals surface area contributed by atoms with Crippen molar-refractivity contribution in [3.63, 3.8) is 0 Å². The summed E-state index contributed by atoms with van der Waals surface area (Å²) in [5.74, 6) is 0.546. The van der Waals surface area contributed by atoms with E-state index in [4.69, 9.17) is 10.5 Å². The highest BCUT2D eigenvalue weighted by atomic mass is 19.1. The molecule has 1 aliphatic rings. The predicted octanol–water partition coefficient (Wildman–Crippen LogP) is 3.71. The summed E-state index contributed by atoms with van der Waals surface area (Å²) in [7, 11) is 0. The molecule has 0 radical (unpaired) electrons. The Morgan fingerprint density at radius 2 is 2.05 bits per heavy atom. The van der Waals surface area contributed by atoms with Gasteiger partial charge in [0.05, 0.1) is 6.61 Å². The van der Waals surface area contributed by atoms with E-state index in [1.807, 2.05) is 18.2 Å². The maximum Gasteiger partial charge on any atom is 0.131 e. The molecule has 98 valence electrons. The van der Waals surface area contributed by atoms with E-state index in [0.717, 1.165) is 35.3 Å². The summed E-state index contributed by atoms with van der Waals surface area (Å²) in [5.41, 5.74) is 9.70. The molecule has 0 atom stereocenters. The van der Waals surface area contributed by atoms with Gasteiger partial charge in [-0.05, 0) is 43.0 Å². The van der Waals surface area contributed by atoms with Crippen molar-refractivity contribution < 1.29 is 9.13 Å². The summed E-state index contributed by atoms with van der Waals surface area (Å²) in [6.45, 7) is 2.49. The first-order valence-corrected chi connectivity index (χ1v) is 6.47. The third-order valence-corrected chi connectivity index (χ3v) is 3.58. The molecule has 3 rings (SSSR count). The van der Waals surface area contributed by atoms with Gasteiger partial charge in [-0.25, -0.2) is 4.39 Å². The van der Waals surface area contributed by atoms with Crippen LogP contribution in [0.25, 0.3) is 11.1 Å². The highest BCUT2D eigenvalue weighted by molar-refractivity contribution is 5.76. The number of aryl methyl sites for hydroxylation is 2. The molecular formula is C16H16FNO. The number of hydrogen-bond donors (Lipinski definition) is 1. The maximum atomic E-state index is 14.2. The van der Waals surface area contributed by atoms with Crippen LogP contribution in [-0.4, -0.2) is 6.61 Å². The van der Waals surface area contributed by atoms with Gasteiger partial charge in [-0.3, -0.25) is 0 Å². The van der Waals surface area contributed by atoms with Crippen LogP contribution >= 0.6 is 0 Å².